The van der Waals surface area contributed by atoms with E-state index in [9.17, 15) is 5.11 Å². The molecule has 1 aromatic rings. The highest BCUT2D eigenvalue weighted by Gasteiger charge is 2.36. The fourth-order valence-corrected chi connectivity index (χ4v) is 2.75. The fraction of sp³-hybridized carbons (Fsp3) is 0.571. The number of aliphatic hydroxyl groups excluding tert-OH is 1. The Kier molecular flexibility index (Phi) is 3.76. The third kappa shape index (κ3) is 2.65. The molecule has 1 aliphatic heterocycles. The monoisotopic (exact) mass is 253 g/mol. The molecule has 0 saturated carbocycles. The zero-order valence-electron chi connectivity index (χ0n) is 10.5. The number of nitrogens with zero attached hydrogens (tertiary/aromatic N) is 1. The smallest absolute Gasteiger partial charge is 0.0968 e. The summed E-state index contributed by atoms with van der Waals surface area (Å²) in [6.45, 7) is 6.35. The largest absolute Gasteiger partial charge is 0.386 e. The highest BCUT2D eigenvalue weighted by Crippen LogP contribution is 2.34. The van der Waals surface area contributed by atoms with Gasteiger partial charge >= 0.3 is 0 Å². The van der Waals surface area contributed by atoms with Gasteiger partial charge in [-0.15, -0.1) is 0 Å². The van der Waals surface area contributed by atoms with E-state index in [0.29, 0.717) is 5.02 Å². The minimum atomic E-state index is -0.501. The predicted octanol–water partition coefficient (Wildman–Crippen LogP) is 3.25. The molecule has 1 fully saturated rings. The lowest BCUT2D eigenvalue weighted by atomic mass is 9.90. The molecule has 2 nitrogen and oxygen atoms in total. The Bertz CT molecular complexity index is 386. The van der Waals surface area contributed by atoms with Gasteiger partial charge in [-0.3, -0.25) is 4.90 Å². The average molecular weight is 254 g/mol. The van der Waals surface area contributed by atoms with Crippen molar-refractivity contribution in [3.05, 3.63) is 34.9 Å². The molecule has 0 aliphatic carbocycles. The van der Waals surface area contributed by atoms with Gasteiger partial charge in [-0.2, -0.15) is 0 Å². The molecule has 0 radical (unpaired) electrons. The van der Waals surface area contributed by atoms with Gasteiger partial charge in [-0.05, 0) is 57.5 Å². The van der Waals surface area contributed by atoms with E-state index in [1.54, 1.807) is 0 Å². The molecular formula is C14H20ClNO. The molecule has 17 heavy (non-hydrogen) atoms. The SMILES string of the molecule is CC(C)(C(O)c1cccc(Cl)c1)N1CCCC1. The van der Waals surface area contributed by atoms with Gasteiger partial charge in [0.15, 0.2) is 0 Å². The van der Waals surface area contributed by atoms with Crippen molar-refractivity contribution in [3.8, 4) is 0 Å². The molecule has 2 rings (SSSR count). The maximum Gasteiger partial charge on any atom is 0.0968 e. The highest BCUT2D eigenvalue weighted by molar-refractivity contribution is 6.30. The number of rotatable bonds is 3. The van der Waals surface area contributed by atoms with Crippen LogP contribution in [0.25, 0.3) is 0 Å². The van der Waals surface area contributed by atoms with Crippen molar-refractivity contribution in [3.63, 3.8) is 0 Å². The van der Waals surface area contributed by atoms with Crippen LogP contribution in [0.5, 0.6) is 0 Å². The van der Waals surface area contributed by atoms with Crippen molar-refractivity contribution < 1.29 is 5.11 Å². The average Bonchev–Trinajstić information content (AvgIpc) is 2.82. The summed E-state index contributed by atoms with van der Waals surface area (Å²) < 4.78 is 0. The van der Waals surface area contributed by atoms with E-state index in [1.807, 2.05) is 24.3 Å². The lowest BCUT2D eigenvalue weighted by molar-refractivity contribution is 0.00133. The van der Waals surface area contributed by atoms with Crippen molar-refractivity contribution in [1.29, 1.82) is 0 Å². The van der Waals surface area contributed by atoms with Crippen molar-refractivity contribution in [2.24, 2.45) is 0 Å². The van der Waals surface area contributed by atoms with Crippen LogP contribution in [-0.2, 0) is 0 Å². The first-order valence-electron chi connectivity index (χ1n) is 6.20. The summed E-state index contributed by atoms with van der Waals surface area (Å²) in [7, 11) is 0. The van der Waals surface area contributed by atoms with E-state index in [4.69, 9.17) is 11.6 Å². The second-order valence-corrected chi connectivity index (χ2v) is 5.74. The Morgan fingerprint density at radius 1 is 1.29 bits per heavy atom. The van der Waals surface area contributed by atoms with Crippen LogP contribution < -0.4 is 0 Å². The van der Waals surface area contributed by atoms with E-state index in [0.717, 1.165) is 18.7 Å². The summed E-state index contributed by atoms with van der Waals surface area (Å²) in [6.07, 6.45) is 1.96. The van der Waals surface area contributed by atoms with Gasteiger partial charge in [0.05, 0.1) is 6.10 Å². The number of likely N-dealkylation sites (tertiary alicyclic amines) is 1. The van der Waals surface area contributed by atoms with Crippen LogP contribution in [0.15, 0.2) is 24.3 Å². The van der Waals surface area contributed by atoms with E-state index in [2.05, 4.69) is 18.7 Å². The Hall–Kier alpha value is -0.570. The van der Waals surface area contributed by atoms with Gasteiger partial charge in [0.2, 0.25) is 0 Å². The summed E-state index contributed by atoms with van der Waals surface area (Å²) in [5.41, 5.74) is 0.663. The van der Waals surface area contributed by atoms with Crippen molar-refractivity contribution in [1.82, 2.24) is 4.90 Å². The standard InChI is InChI=1S/C14H20ClNO/c1-14(2,16-8-3-4-9-16)13(17)11-6-5-7-12(15)10-11/h5-7,10,13,17H,3-4,8-9H2,1-2H3. The Balaban J connectivity index is 2.20. The molecule has 0 bridgehead atoms. The highest BCUT2D eigenvalue weighted by atomic mass is 35.5. The summed E-state index contributed by atoms with van der Waals surface area (Å²) >= 11 is 5.97. The lowest BCUT2D eigenvalue weighted by Crippen LogP contribution is -2.46. The number of hydrogen-bond acceptors (Lipinski definition) is 2. The van der Waals surface area contributed by atoms with Gasteiger partial charge in [0.25, 0.3) is 0 Å². The molecule has 0 aromatic heterocycles. The Labute approximate surface area is 108 Å². The van der Waals surface area contributed by atoms with Crippen LogP contribution in [0, 0.1) is 0 Å². The number of halogens is 1. The molecule has 1 aromatic carbocycles. The molecule has 1 N–H and O–H groups in total. The van der Waals surface area contributed by atoms with Crippen LogP contribution in [0.3, 0.4) is 0 Å². The topological polar surface area (TPSA) is 23.5 Å². The first-order chi connectivity index (χ1) is 8.01. The first-order valence-corrected chi connectivity index (χ1v) is 6.58. The van der Waals surface area contributed by atoms with E-state index in [-0.39, 0.29) is 5.54 Å². The van der Waals surface area contributed by atoms with Crippen LogP contribution >= 0.6 is 11.6 Å². The third-order valence-electron chi connectivity index (χ3n) is 3.75. The minimum absolute atomic E-state index is 0.235. The number of hydrogen-bond donors (Lipinski definition) is 1. The molecular weight excluding hydrogens is 234 g/mol. The fourth-order valence-electron chi connectivity index (χ4n) is 2.55. The molecule has 0 spiro atoms. The van der Waals surface area contributed by atoms with Gasteiger partial charge in [-0.1, -0.05) is 23.7 Å². The maximum atomic E-state index is 10.5. The third-order valence-corrected chi connectivity index (χ3v) is 3.99. The first kappa shape index (κ1) is 12.9. The van der Waals surface area contributed by atoms with Crippen molar-refractivity contribution in [2.75, 3.05) is 13.1 Å². The van der Waals surface area contributed by atoms with Crippen LogP contribution in [0.2, 0.25) is 5.02 Å². The van der Waals surface area contributed by atoms with Gasteiger partial charge in [0, 0.05) is 10.6 Å². The molecule has 1 atom stereocenters. The maximum absolute atomic E-state index is 10.5. The van der Waals surface area contributed by atoms with Gasteiger partial charge in [0.1, 0.15) is 0 Å². The molecule has 3 heteroatoms. The molecule has 1 heterocycles. The summed E-state index contributed by atoms with van der Waals surface area (Å²) in [5, 5.41) is 11.2. The predicted molar refractivity (Wildman–Crippen MR) is 71.3 cm³/mol. The van der Waals surface area contributed by atoms with Gasteiger partial charge < -0.3 is 5.11 Å². The molecule has 1 aliphatic rings. The number of benzene rings is 1. The molecule has 0 amide bonds. The van der Waals surface area contributed by atoms with Crippen LogP contribution in [-0.4, -0.2) is 28.6 Å². The second kappa shape index (κ2) is 4.97. The Morgan fingerprint density at radius 2 is 1.94 bits per heavy atom. The minimum Gasteiger partial charge on any atom is -0.386 e. The van der Waals surface area contributed by atoms with Gasteiger partial charge in [-0.25, -0.2) is 0 Å². The Morgan fingerprint density at radius 3 is 2.53 bits per heavy atom. The summed E-state index contributed by atoms with van der Waals surface area (Å²) in [5.74, 6) is 0. The second-order valence-electron chi connectivity index (χ2n) is 5.31. The quantitative estimate of drug-likeness (QED) is 0.894. The zero-order valence-corrected chi connectivity index (χ0v) is 11.2. The zero-order chi connectivity index (χ0) is 12.5. The summed E-state index contributed by atoms with van der Waals surface area (Å²) in [6, 6.07) is 7.51. The molecule has 1 unspecified atom stereocenters. The van der Waals surface area contributed by atoms with Crippen LogP contribution in [0.4, 0.5) is 0 Å². The van der Waals surface area contributed by atoms with Crippen molar-refractivity contribution >= 4 is 11.6 Å². The summed E-state index contributed by atoms with van der Waals surface area (Å²) in [4.78, 5) is 2.36. The normalized spacial score (nSPS) is 19.5. The van der Waals surface area contributed by atoms with E-state index >= 15 is 0 Å². The molecule has 1 saturated heterocycles. The van der Waals surface area contributed by atoms with E-state index in [1.165, 1.54) is 12.8 Å². The number of aliphatic hydroxyl groups is 1. The molecule has 94 valence electrons. The van der Waals surface area contributed by atoms with Crippen LogP contribution in [0.1, 0.15) is 38.4 Å². The van der Waals surface area contributed by atoms with Crippen molar-refractivity contribution in [2.45, 2.75) is 38.3 Å². The van der Waals surface area contributed by atoms with E-state index < -0.39 is 6.10 Å². The lowest BCUT2D eigenvalue weighted by Gasteiger charge is -2.39.